The minimum Gasteiger partial charge on any atom is -0.298 e. The van der Waals surface area contributed by atoms with Crippen LogP contribution in [0.4, 0.5) is 4.39 Å². The maximum absolute atomic E-state index is 13.8. The third kappa shape index (κ3) is 2.02. The number of aryl methyl sites for hydroxylation is 1. The molecule has 17 heavy (non-hydrogen) atoms. The molecule has 0 spiro atoms. The van der Waals surface area contributed by atoms with E-state index in [2.05, 4.69) is 21.0 Å². The molecule has 1 heterocycles. The Labute approximate surface area is 106 Å². The number of carbonyl (C=O) groups is 1. The molecule has 0 N–H and O–H groups in total. The van der Waals surface area contributed by atoms with E-state index in [0.29, 0.717) is 17.5 Å². The van der Waals surface area contributed by atoms with Gasteiger partial charge >= 0.3 is 0 Å². The van der Waals surface area contributed by atoms with Gasteiger partial charge in [0, 0.05) is 5.56 Å². The molecule has 5 heteroatoms. The van der Waals surface area contributed by atoms with Crippen LogP contribution in [0, 0.1) is 19.7 Å². The average Bonchev–Trinajstić information content (AvgIpc) is 2.57. The van der Waals surface area contributed by atoms with E-state index in [1.165, 1.54) is 10.7 Å². The van der Waals surface area contributed by atoms with E-state index >= 15 is 0 Å². The molecule has 1 aromatic heterocycles. The lowest BCUT2D eigenvalue weighted by atomic mass is 10.2. The predicted octanol–water partition coefficient (Wildman–Crippen LogP) is 3.20. The van der Waals surface area contributed by atoms with E-state index in [-0.39, 0.29) is 0 Å². The lowest BCUT2D eigenvalue weighted by Crippen LogP contribution is -2.02. The highest BCUT2D eigenvalue weighted by Crippen LogP contribution is 2.24. The molecule has 0 aliphatic carbocycles. The molecule has 0 radical (unpaired) electrons. The van der Waals surface area contributed by atoms with Gasteiger partial charge in [0.1, 0.15) is 17.8 Å². The number of rotatable bonds is 2. The van der Waals surface area contributed by atoms with Gasteiger partial charge in [-0.2, -0.15) is 5.10 Å². The van der Waals surface area contributed by atoms with Crippen molar-refractivity contribution in [3.8, 4) is 5.69 Å². The zero-order valence-electron chi connectivity index (χ0n) is 9.37. The largest absolute Gasteiger partial charge is 0.298 e. The number of aldehydes is 1. The van der Waals surface area contributed by atoms with Gasteiger partial charge in [0.25, 0.3) is 0 Å². The number of halogens is 2. The minimum absolute atomic E-state index is 0.312. The number of nitrogens with zero attached hydrogens (tertiary/aromatic N) is 2. The van der Waals surface area contributed by atoms with E-state index in [1.54, 1.807) is 12.1 Å². The van der Waals surface area contributed by atoms with Crippen molar-refractivity contribution in [1.29, 1.82) is 0 Å². The quantitative estimate of drug-likeness (QED) is 0.798. The van der Waals surface area contributed by atoms with Crippen molar-refractivity contribution >= 4 is 22.2 Å². The molecule has 0 fully saturated rings. The highest BCUT2D eigenvalue weighted by atomic mass is 79.9. The van der Waals surface area contributed by atoms with Crippen LogP contribution in [0.5, 0.6) is 0 Å². The third-order valence-electron chi connectivity index (χ3n) is 2.54. The Bertz CT molecular complexity index is 592. The normalized spacial score (nSPS) is 10.6. The lowest BCUT2D eigenvalue weighted by molar-refractivity contribution is 0.112. The van der Waals surface area contributed by atoms with Crippen LogP contribution in [-0.2, 0) is 0 Å². The molecule has 3 nitrogen and oxygen atoms in total. The molecule has 2 rings (SSSR count). The van der Waals surface area contributed by atoms with Gasteiger partial charge in [-0.05, 0) is 48.0 Å². The first-order valence-electron chi connectivity index (χ1n) is 5.01. The van der Waals surface area contributed by atoms with E-state index in [4.69, 9.17) is 0 Å². The Morgan fingerprint density at radius 2 is 2.12 bits per heavy atom. The molecule has 0 atom stereocenters. The molecule has 0 bridgehead atoms. The van der Waals surface area contributed by atoms with Crippen LogP contribution in [0.1, 0.15) is 21.7 Å². The van der Waals surface area contributed by atoms with Gasteiger partial charge in [-0.3, -0.25) is 4.79 Å². The topological polar surface area (TPSA) is 34.9 Å². The van der Waals surface area contributed by atoms with Gasteiger partial charge < -0.3 is 0 Å². The second-order valence-corrected chi connectivity index (χ2v) is 4.52. The standard InChI is InChI=1S/C12H10BrFN2O/c1-7-12(13)8(2)16(15-7)11-4-3-9(6-17)5-10(11)14/h3-6H,1-2H3. The van der Waals surface area contributed by atoms with Crippen LogP contribution >= 0.6 is 15.9 Å². The zero-order chi connectivity index (χ0) is 12.6. The Kier molecular flexibility index (Phi) is 3.11. The summed E-state index contributed by atoms with van der Waals surface area (Å²) in [6, 6.07) is 4.31. The highest BCUT2D eigenvalue weighted by molar-refractivity contribution is 9.10. The maximum atomic E-state index is 13.8. The van der Waals surface area contributed by atoms with Gasteiger partial charge in [-0.15, -0.1) is 0 Å². The van der Waals surface area contributed by atoms with Crippen molar-refractivity contribution in [1.82, 2.24) is 9.78 Å². The van der Waals surface area contributed by atoms with Gasteiger partial charge in [0.15, 0.2) is 0 Å². The van der Waals surface area contributed by atoms with Gasteiger partial charge in [-0.25, -0.2) is 9.07 Å². The maximum Gasteiger partial charge on any atom is 0.150 e. The van der Waals surface area contributed by atoms with Crippen molar-refractivity contribution in [3.63, 3.8) is 0 Å². The minimum atomic E-state index is -0.465. The lowest BCUT2D eigenvalue weighted by Gasteiger charge is -2.06. The Hall–Kier alpha value is -1.49. The zero-order valence-corrected chi connectivity index (χ0v) is 11.0. The van der Waals surface area contributed by atoms with Gasteiger partial charge in [-0.1, -0.05) is 0 Å². The number of hydrogen-bond donors (Lipinski definition) is 0. The molecule has 0 aliphatic rings. The molecular weight excluding hydrogens is 287 g/mol. The monoisotopic (exact) mass is 296 g/mol. The molecule has 2 aromatic rings. The Morgan fingerprint density at radius 1 is 1.41 bits per heavy atom. The molecule has 0 unspecified atom stereocenters. The number of carbonyl (C=O) groups excluding carboxylic acids is 1. The van der Waals surface area contributed by atoms with Crippen LogP contribution in [0.2, 0.25) is 0 Å². The van der Waals surface area contributed by atoms with Crippen molar-refractivity contribution in [2.45, 2.75) is 13.8 Å². The fourth-order valence-electron chi connectivity index (χ4n) is 1.63. The van der Waals surface area contributed by atoms with Gasteiger partial charge in [0.2, 0.25) is 0 Å². The summed E-state index contributed by atoms with van der Waals surface area (Å²) in [5.41, 5.74) is 2.26. The summed E-state index contributed by atoms with van der Waals surface area (Å²) >= 11 is 3.39. The first-order chi connectivity index (χ1) is 8.04. The van der Waals surface area contributed by atoms with E-state index in [0.717, 1.165) is 15.9 Å². The van der Waals surface area contributed by atoms with Crippen LogP contribution in [0.25, 0.3) is 5.69 Å². The summed E-state index contributed by atoms with van der Waals surface area (Å²) in [4.78, 5) is 10.5. The fraction of sp³-hybridized carbons (Fsp3) is 0.167. The number of hydrogen-bond acceptors (Lipinski definition) is 2. The predicted molar refractivity (Wildman–Crippen MR) is 66.1 cm³/mol. The SMILES string of the molecule is Cc1nn(-c2ccc(C=O)cc2F)c(C)c1Br. The molecule has 88 valence electrons. The van der Waals surface area contributed by atoms with E-state index in [9.17, 15) is 9.18 Å². The van der Waals surface area contributed by atoms with Crippen molar-refractivity contribution in [3.05, 3.63) is 45.4 Å². The first-order valence-corrected chi connectivity index (χ1v) is 5.80. The summed E-state index contributed by atoms with van der Waals surface area (Å²) in [7, 11) is 0. The number of benzene rings is 1. The Morgan fingerprint density at radius 3 is 2.59 bits per heavy atom. The van der Waals surface area contributed by atoms with Crippen molar-refractivity contribution in [2.24, 2.45) is 0 Å². The van der Waals surface area contributed by atoms with Crippen LogP contribution in [0.3, 0.4) is 0 Å². The Balaban J connectivity index is 2.60. The second kappa shape index (κ2) is 4.41. The summed E-state index contributed by atoms with van der Waals surface area (Å²) < 4.78 is 16.2. The summed E-state index contributed by atoms with van der Waals surface area (Å²) in [6.45, 7) is 3.68. The van der Waals surface area contributed by atoms with E-state index < -0.39 is 5.82 Å². The van der Waals surface area contributed by atoms with Crippen LogP contribution in [0.15, 0.2) is 22.7 Å². The fourth-order valence-corrected chi connectivity index (χ4v) is 1.87. The van der Waals surface area contributed by atoms with Gasteiger partial charge in [0.05, 0.1) is 15.9 Å². The molecule has 0 amide bonds. The molecule has 1 aromatic carbocycles. The van der Waals surface area contributed by atoms with Crippen LogP contribution < -0.4 is 0 Å². The second-order valence-electron chi connectivity index (χ2n) is 3.73. The summed E-state index contributed by atoms with van der Waals surface area (Å²) in [5, 5.41) is 4.24. The smallest absolute Gasteiger partial charge is 0.150 e. The molecule has 0 saturated heterocycles. The molecular formula is C12H10BrFN2O. The first kappa shape index (κ1) is 12.0. The highest BCUT2D eigenvalue weighted by Gasteiger charge is 2.13. The number of aromatic nitrogens is 2. The molecule has 0 aliphatic heterocycles. The summed E-state index contributed by atoms with van der Waals surface area (Å²) in [6.07, 6.45) is 0.615. The molecule has 0 saturated carbocycles. The average molecular weight is 297 g/mol. The summed E-state index contributed by atoms with van der Waals surface area (Å²) in [5.74, 6) is -0.465. The van der Waals surface area contributed by atoms with Crippen molar-refractivity contribution in [2.75, 3.05) is 0 Å². The third-order valence-corrected chi connectivity index (χ3v) is 3.69. The van der Waals surface area contributed by atoms with Crippen molar-refractivity contribution < 1.29 is 9.18 Å². The van der Waals surface area contributed by atoms with Crippen LogP contribution in [-0.4, -0.2) is 16.1 Å². The van der Waals surface area contributed by atoms with E-state index in [1.807, 2.05) is 13.8 Å².